The molecule has 0 atom stereocenters. The van der Waals surface area contributed by atoms with Gasteiger partial charge in [0.15, 0.2) is 0 Å². The Kier molecular flexibility index (Phi) is 17.0. The van der Waals surface area contributed by atoms with Gasteiger partial charge in [0, 0.05) is 12.2 Å². The van der Waals surface area contributed by atoms with E-state index in [4.69, 9.17) is 0 Å². The molecule has 1 aromatic carbocycles. The molecule has 1 saturated carbocycles. The van der Waals surface area contributed by atoms with E-state index in [0.29, 0.717) is 0 Å². The number of rotatable bonds is 9. The van der Waals surface area contributed by atoms with Crippen molar-refractivity contribution < 1.29 is 0 Å². The highest BCUT2D eigenvalue weighted by atomic mass is 14.9. The highest BCUT2D eigenvalue weighted by Crippen LogP contribution is 2.25. The molecule has 1 heteroatoms. The maximum Gasteiger partial charge on any atom is 0.0340 e. The maximum atomic E-state index is 3.61. The van der Waals surface area contributed by atoms with E-state index < -0.39 is 0 Å². The lowest BCUT2D eigenvalue weighted by molar-refractivity contribution is 0.373. The van der Waals surface area contributed by atoms with Crippen LogP contribution in [0.5, 0.6) is 0 Å². The summed E-state index contributed by atoms with van der Waals surface area (Å²) in [5.74, 6) is 1.02. The lowest BCUT2D eigenvalue weighted by atomic mass is 9.90. The van der Waals surface area contributed by atoms with Gasteiger partial charge in [0.25, 0.3) is 0 Å². The molecule has 0 bridgehead atoms. The van der Waals surface area contributed by atoms with Gasteiger partial charge < -0.3 is 5.32 Å². The first-order valence-electron chi connectivity index (χ1n) is 13.9. The van der Waals surface area contributed by atoms with E-state index in [9.17, 15) is 0 Å². The van der Waals surface area contributed by atoms with E-state index in [1.807, 2.05) is 30.3 Å². The summed E-state index contributed by atoms with van der Waals surface area (Å²) in [7, 11) is 0. The predicted molar refractivity (Wildman–Crippen MR) is 148 cm³/mol. The fourth-order valence-corrected chi connectivity index (χ4v) is 4.75. The van der Waals surface area contributed by atoms with Crippen molar-refractivity contribution in [3.05, 3.63) is 78.9 Å². The minimum atomic E-state index is 1.02. The van der Waals surface area contributed by atoms with Crippen LogP contribution in [0.15, 0.2) is 78.9 Å². The van der Waals surface area contributed by atoms with Crippen LogP contribution < -0.4 is 5.32 Å². The van der Waals surface area contributed by atoms with Crippen molar-refractivity contribution >= 4 is 5.69 Å². The highest BCUT2D eigenvalue weighted by molar-refractivity contribution is 5.40. The van der Waals surface area contributed by atoms with Crippen LogP contribution in [0.2, 0.25) is 0 Å². The maximum absolute atomic E-state index is 3.61. The Morgan fingerprint density at radius 1 is 0.485 bits per heavy atom. The average Bonchev–Trinajstić information content (AvgIpc) is 2.89. The van der Waals surface area contributed by atoms with Crippen molar-refractivity contribution in [2.24, 2.45) is 5.92 Å². The van der Waals surface area contributed by atoms with Crippen molar-refractivity contribution in [2.75, 3.05) is 11.9 Å². The quantitative estimate of drug-likeness (QED) is 0.371. The first-order chi connectivity index (χ1) is 16.4. The van der Waals surface area contributed by atoms with Gasteiger partial charge in [0.2, 0.25) is 0 Å². The van der Waals surface area contributed by atoms with Crippen molar-refractivity contribution in [2.45, 2.75) is 103 Å². The van der Waals surface area contributed by atoms with Gasteiger partial charge in [-0.25, -0.2) is 0 Å². The zero-order valence-corrected chi connectivity index (χ0v) is 21.1. The number of hydrogen-bond acceptors (Lipinski definition) is 1. The lowest BCUT2D eigenvalue weighted by Gasteiger charge is -2.16. The first kappa shape index (κ1) is 27.2. The Labute approximate surface area is 205 Å². The molecule has 0 unspecified atom stereocenters. The largest absolute Gasteiger partial charge is 0.385 e. The Morgan fingerprint density at radius 2 is 0.909 bits per heavy atom. The second-order valence-corrected chi connectivity index (χ2v) is 9.66. The fourth-order valence-electron chi connectivity index (χ4n) is 4.75. The molecule has 1 nitrogen and oxygen atoms in total. The Balaban J connectivity index is 1.62. The normalized spacial score (nSPS) is 15.4. The third-order valence-electron chi connectivity index (χ3n) is 6.76. The van der Waals surface area contributed by atoms with E-state index in [2.05, 4.69) is 53.8 Å². The molecule has 1 aliphatic rings. The van der Waals surface area contributed by atoms with Crippen molar-refractivity contribution in [3.63, 3.8) is 0 Å². The van der Waals surface area contributed by atoms with Gasteiger partial charge >= 0.3 is 0 Å². The van der Waals surface area contributed by atoms with Crippen molar-refractivity contribution in [1.29, 1.82) is 0 Å². The smallest absolute Gasteiger partial charge is 0.0340 e. The molecule has 0 heterocycles. The minimum absolute atomic E-state index is 1.02. The topological polar surface area (TPSA) is 12.0 Å². The second kappa shape index (κ2) is 20.6. The van der Waals surface area contributed by atoms with Gasteiger partial charge in [-0.05, 0) is 24.5 Å². The zero-order chi connectivity index (χ0) is 23.1. The fraction of sp³-hybridized carbons (Fsp3) is 0.562. The van der Waals surface area contributed by atoms with Gasteiger partial charge in [-0.15, -0.1) is 0 Å². The van der Waals surface area contributed by atoms with Crippen LogP contribution in [0.3, 0.4) is 0 Å². The summed E-state index contributed by atoms with van der Waals surface area (Å²) < 4.78 is 0. The summed E-state index contributed by atoms with van der Waals surface area (Å²) in [6, 6.07) is 27.0. The van der Waals surface area contributed by atoms with E-state index in [1.165, 1.54) is 108 Å². The van der Waals surface area contributed by atoms with Crippen LogP contribution in [0.1, 0.15) is 103 Å². The highest BCUT2D eigenvalue weighted by Gasteiger charge is 2.09. The molecule has 182 valence electrons. The molecule has 33 heavy (non-hydrogen) atoms. The number of nitrogens with one attached hydrogen (secondary N) is 1. The molecule has 0 aromatic heterocycles. The molecule has 0 spiro atoms. The van der Waals surface area contributed by atoms with Crippen LogP contribution >= 0.6 is 0 Å². The summed E-state index contributed by atoms with van der Waals surface area (Å²) in [4.78, 5) is 0. The average molecular weight is 448 g/mol. The van der Waals surface area contributed by atoms with E-state index in [0.717, 1.165) is 12.5 Å². The van der Waals surface area contributed by atoms with Gasteiger partial charge in [0.1, 0.15) is 0 Å². The second-order valence-electron chi connectivity index (χ2n) is 9.66. The third kappa shape index (κ3) is 16.3. The van der Waals surface area contributed by atoms with Gasteiger partial charge in [0.05, 0.1) is 0 Å². The van der Waals surface area contributed by atoms with Crippen LogP contribution in [-0.4, -0.2) is 6.54 Å². The van der Waals surface area contributed by atoms with Crippen LogP contribution in [0.25, 0.3) is 0 Å². The molecular formula is C32H49N. The Morgan fingerprint density at radius 3 is 1.45 bits per heavy atom. The molecule has 1 N–H and O–H groups in total. The SMILES string of the molecule is c1ccccccc(NCCCCCCCC2CCCCCCCCCC2)cccccc1. The molecule has 1 aliphatic carbocycles. The summed E-state index contributed by atoms with van der Waals surface area (Å²) in [5.41, 5.74) is 1.17. The predicted octanol–water partition coefficient (Wildman–Crippen LogP) is 10.2. The number of unbranched alkanes of at least 4 members (excludes halogenated alkanes) is 4. The first-order valence-corrected chi connectivity index (χ1v) is 13.9. The van der Waals surface area contributed by atoms with Crippen LogP contribution in [-0.2, 0) is 0 Å². The molecule has 1 fully saturated rings. The molecule has 0 saturated heterocycles. The summed E-state index contributed by atoms with van der Waals surface area (Å²) >= 11 is 0. The monoisotopic (exact) mass is 447 g/mol. The third-order valence-corrected chi connectivity index (χ3v) is 6.76. The van der Waals surface area contributed by atoms with Crippen LogP contribution in [0.4, 0.5) is 5.69 Å². The number of hydrogen-bond donors (Lipinski definition) is 1. The summed E-state index contributed by atoms with van der Waals surface area (Å²) in [6.45, 7) is 1.05. The molecule has 0 aliphatic heterocycles. The number of anilines is 1. The molecule has 1 aromatic rings. The van der Waals surface area contributed by atoms with Crippen molar-refractivity contribution in [3.8, 4) is 0 Å². The van der Waals surface area contributed by atoms with Gasteiger partial charge in [-0.3, -0.25) is 0 Å². The zero-order valence-electron chi connectivity index (χ0n) is 21.1. The molecule has 0 amide bonds. The standard InChI is InChI=1S/C32H49N/c1-2-4-10-16-22-28-32(29-23-17-11-5-3-1)33-30-24-18-12-15-21-27-31-25-19-13-8-6-7-9-14-20-26-31/h1-5,10-11,16-17,22-23,28-29,31,33H,6-9,12-15,18-21,24-27,30H2. The van der Waals surface area contributed by atoms with Crippen molar-refractivity contribution in [1.82, 2.24) is 0 Å². The summed E-state index contributed by atoms with van der Waals surface area (Å²) in [6.07, 6.45) is 23.2. The van der Waals surface area contributed by atoms with E-state index in [1.54, 1.807) is 0 Å². The Bertz CT molecular complexity index is 648. The summed E-state index contributed by atoms with van der Waals surface area (Å²) in [5, 5.41) is 3.61. The lowest BCUT2D eigenvalue weighted by Crippen LogP contribution is -2.02. The van der Waals surface area contributed by atoms with Gasteiger partial charge in [-0.2, -0.15) is 0 Å². The van der Waals surface area contributed by atoms with E-state index >= 15 is 0 Å². The molecule has 2 rings (SSSR count). The van der Waals surface area contributed by atoms with Gasteiger partial charge in [-0.1, -0.05) is 163 Å². The van der Waals surface area contributed by atoms with E-state index in [-0.39, 0.29) is 0 Å². The molecule has 0 radical (unpaired) electrons. The minimum Gasteiger partial charge on any atom is -0.385 e. The Hall–Kier alpha value is -2.02. The molecular weight excluding hydrogens is 398 g/mol. The van der Waals surface area contributed by atoms with Crippen LogP contribution in [0, 0.1) is 5.92 Å².